The number of halogens is 1. The fourth-order valence-corrected chi connectivity index (χ4v) is 1.83. The van der Waals surface area contributed by atoms with Crippen molar-refractivity contribution in [1.29, 1.82) is 0 Å². The lowest BCUT2D eigenvalue weighted by atomic mass is 10.1. The Kier molecular flexibility index (Phi) is 3.05. The van der Waals surface area contributed by atoms with E-state index in [1.54, 1.807) is 12.1 Å². The molecular formula is C11H14FN3O. The van der Waals surface area contributed by atoms with Crippen molar-refractivity contribution in [2.24, 2.45) is 5.73 Å². The van der Waals surface area contributed by atoms with Crippen LogP contribution in [0, 0.1) is 5.82 Å². The topological polar surface area (TPSA) is 58.4 Å². The van der Waals surface area contributed by atoms with Crippen molar-refractivity contribution in [3.63, 3.8) is 0 Å². The number of hydrogen-bond donors (Lipinski definition) is 2. The quantitative estimate of drug-likeness (QED) is 0.747. The number of nitrogens with one attached hydrogen (secondary N) is 1. The molecule has 0 bridgehead atoms. The smallest absolute Gasteiger partial charge is 0.236 e. The summed E-state index contributed by atoms with van der Waals surface area (Å²) in [4.78, 5) is 13.1. The zero-order valence-electron chi connectivity index (χ0n) is 8.82. The molecule has 0 spiro atoms. The molecular weight excluding hydrogens is 209 g/mol. The first kappa shape index (κ1) is 10.9. The van der Waals surface area contributed by atoms with Gasteiger partial charge in [0.25, 0.3) is 0 Å². The Balaban J connectivity index is 2.09. The Bertz CT molecular complexity index is 379. The second-order valence-electron chi connectivity index (χ2n) is 3.83. The van der Waals surface area contributed by atoms with Gasteiger partial charge in [-0.15, -0.1) is 0 Å². The maximum absolute atomic E-state index is 12.8. The molecule has 1 amide bonds. The van der Waals surface area contributed by atoms with Crippen LogP contribution in [0.15, 0.2) is 24.3 Å². The number of benzene rings is 1. The van der Waals surface area contributed by atoms with E-state index in [9.17, 15) is 9.18 Å². The number of amides is 1. The van der Waals surface area contributed by atoms with E-state index in [1.807, 2.05) is 4.90 Å². The van der Waals surface area contributed by atoms with E-state index in [2.05, 4.69) is 5.32 Å². The summed E-state index contributed by atoms with van der Waals surface area (Å²) in [5.41, 5.74) is 6.15. The molecule has 1 aliphatic heterocycles. The summed E-state index contributed by atoms with van der Waals surface area (Å²) in [5, 5.41) is 3.04. The van der Waals surface area contributed by atoms with Crippen molar-refractivity contribution in [2.75, 3.05) is 24.5 Å². The molecule has 5 heteroatoms. The molecule has 1 atom stereocenters. The second-order valence-corrected chi connectivity index (χ2v) is 3.83. The highest BCUT2D eigenvalue weighted by Gasteiger charge is 2.23. The monoisotopic (exact) mass is 223 g/mol. The van der Waals surface area contributed by atoms with Gasteiger partial charge in [0.1, 0.15) is 11.9 Å². The van der Waals surface area contributed by atoms with Crippen LogP contribution in [0.4, 0.5) is 10.1 Å². The van der Waals surface area contributed by atoms with Gasteiger partial charge in [0.05, 0.1) is 0 Å². The van der Waals surface area contributed by atoms with Gasteiger partial charge in [-0.3, -0.25) is 4.79 Å². The molecule has 16 heavy (non-hydrogen) atoms. The molecule has 0 radical (unpaired) electrons. The molecule has 1 saturated heterocycles. The zero-order valence-corrected chi connectivity index (χ0v) is 8.82. The Hall–Kier alpha value is -1.62. The Morgan fingerprint density at radius 2 is 2.12 bits per heavy atom. The lowest BCUT2D eigenvalue weighted by Gasteiger charge is -2.33. The van der Waals surface area contributed by atoms with Crippen molar-refractivity contribution >= 4 is 11.6 Å². The number of carbonyl (C=O) groups excluding carboxylic acids is 1. The number of nitrogens with zero attached hydrogens (tertiary/aromatic N) is 1. The first-order chi connectivity index (χ1) is 7.66. The van der Waals surface area contributed by atoms with Crippen molar-refractivity contribution < 1.29 is 9.18 Å². The van der Waals surface area contributed by atoms with Crippen molar-refractivity contribution in [1.82, 2.24) is 5.32 Å². The minimum absolute atomic E-state index is 0.259. The molecule has 1 fully saturated rings. The normalized spacial score (nSPS) is 20.8. The molecule has 0 saturated carbocycles. The van der Waals surface area contributed by atoms with Crippen molar-refractivity contribution in [3.8, 4) is 0 Å². The third kappa shape index (κ3) is 2.30. The second kappa shape index (κ2) is 4.49. The highest BCUT2D eigenvalue weighted by atomic mass is 19.1. The SMILES string of the molecule is NC(=O)C1CN(c2ccc(F)cc2)CCN1. The molecule has 86 valence electrons. The predicted molar refractivity (Wildman–Crippen MR) is 59.6 cm³/mol. The number of carbonyl (C=O) groups is 1. The maximum Gasteiger partial charge on any atom is 0.236 e. The van der Waals surface area contributed by atoms with Crippen LogP contribution in [0.5, 0.6) is 0 Å². The van der Waals surface area contributed by atoms with Crippen LogP contribution < -0.4 is 16.0 Å². The Morgan fingerprint density at radius 3 is 2.75 bits per heavy atom. The van der Waals surface area contributed by atoms with Gasteiger partial charge in [0, 0.05) is 25.3 Å². The van der Waals surface area contributed by atoms with Gasteiger partial charge >= 0.3 is 0 Å². The van der Waals surface area contributed by atoms with Gasteiger partial charge in [-0.1, -0.05) is 0 Å². The molecule has 1 aromatic carbocycles. The van der Waals surface area contributed by atoms with Crippen LogP contribution >= 0.6 is 0 Å². The van der Waals surface area contributed by atoms with E-state index in [-0.39, 0.29) is 17.8 Å². The molecule has 4 nitrogen and oxygen atoms in total. The number of rotatable bonds is 2. The van der Waals surface area contributed by atoms with Crippen LogP contribution in [0.3, 0.4) is 0 Å². The number of anilines is 1. The summed E-state index contributed by atoms with van der Waals surface area (Å²) in [7, 11) is 0. The van der Waals surface area contributed by atoms with Gasteiger partial charge in [-0.25, -0.2) is 4.39 Å². The van der Waals surface area contributed by atoms with E-state index in [0.717, 1.165) is 12.2 Å². The summed E-state index contributed by atoms with van der Waals surface area (Å²) in [6.45, 7) is 2.02. The molecule has 1 heterocycles. The number of primary amides is 1. The van der Waals surface area contributed by atoms with E-state index < -0.39 is 0 Å². The summed E-state index contributed by atoms with van der Waals surface area (Å²) >= 11 is 0. The highest BCUT2D eigenvalue weighted by Crippen LogP contribution is 2.16. The fraction of sp³-hybridized carbons (Fsp3) is 0.364. The molecule has 1 aliphatic rings. The number of hydrogen-bond acceptors (Lipinski definition) is 3. The highest BCUT2D eigenvalue weighted by molar-refractivity contribution is 5.81. The van der Waals surface area contributed by atoms with Crippen LogP contribution in [-0.2, 0) is 4.79 Å². The van der Waals surface area contributed by atoms with Crippen LogP contribution in [-0.4, -0.2) is 31.6 Å². The maximum atomic E-state index is 12.8. The third-order valence-corrected chi connectivity index (χ3v) is 2.71. The van der Waals surface area contributed by atoms with Gasteiger partial charge in [-0.2, -0.15) is 0 Å². The standard InChI is InChI=1S/C11H14FN3O/c12-8-1-3-9(4-2-8)15-6-5-14-10(7-15)11(13)16/h1-4,10,14H,5-7H2,(H2,13,16). The summed E-state index contributed by atoms with van der Waals surface area (Å²) in [6, 6.07) is 5.91. The van der Waals surface area contributed by atoms with E-state index in [4.69, 9.17) is 5.73 Å². The Morgan fingerprint density at radius 1 is 1.44 bits per heavy atom. The van der Waals surface area contributed by atoms with Gasteiger partial charge in [0.15, 0.2) is 0 Å². The van der Waals surface area contributed by atoms with Crippen LogP contribution in [0.25, 0.3) is 0 Å². The Labute approximate surface area is 93.2 Å². The molecule has 1 unspecified atom stereocenters. The van der Waals surface area contributed by atoms with Gasteiger partial charge in [-0.05, 0) is 24.3 Å². The van der Waals surface area contributed by atoms with Crippen LogP contribution in [0.1, 0.15) is 0 Å². The number of piperazine rings is 1. The summed E-state index contributed by atoms with van der Waals surface area (Å²) < 4.78 is 12.8. The largest absolute Gasteiger partial charge is 0.368 e. The average Bonchev–Trinajstić information content (AvgIpc) is 2.30. The fourth-order valence-electron chi connectivity index (χ4n) is 1.83. The van der Waals surface area contributed by atoms with Gasteiger partial charge in [0.2, 0.25) is 5.91 Å². The van der Waals surface area contributed by atoms with E-state index in [0.29, 0.717) is 13.1 Å². The molecule has 0 aliphatic carbocycles. The van der Waals surface area contributed by atoms with E-state index in [1.165, 1.54) is 12.1 Å². The van der Waals surface area contributed by atoms with Crippen LogP contribution in [0.2, 0.25) is 0 Å². The molecule has 1 aromatic rings. The molecule has 3 N–H and O–H groups in total. The first-order valence-electron chi connectivity index (χ1n) is 5.20. The third-order valence-electron chi connectivity index (χ3n) is 2.71. The number of nitrogens with two attached hydrogens (primary N) is 1. The van der Waals surface area contributed by atoms with E-state index >= 15 is 0 Å². The predicted octanol–water partition coefficient (Wildman–Crippen LogP) is 0.0892. The first-order valence-corrected chi connectivity index (χ1v) is 5.20. The van der Waals surface area contributed by atoms with Crippen molar-refractivity contribution in [3.05, 3.63) is 30.1 Å². The average molecular weight is 223 g/mol. The molecule has 0 aromatic heterocycles. The van der Waals surface area contributed by atoms with Gasteiger partial charge < -0.3 is 16.0 Å². The van der Waals surface area contributed by atoms with Crippen molar-refractivity contribution in [2.45, 2.75) is 6.04 Å². The summed E-state index contributed by atoms with van der Waals surface area (Å²) in [6.07, 6.45) is 0. The summed E-state index contributed by atoms with van der Waals surface area (Å²) in [5.74, 6) is -0.614. The minimum atomic E-state index is -0.355. The lowest BCUT2D eigenvalue weighted by molar-refractivity contribution is -0.120. The minimum Gasteiger partial charge on any atom is -0.368 e. The zero-order chi connectivity index (χ0) is 11.5. The molecule has 2 rings (SSSR count). The lowest BCUT2D eigenvalue weighted by Crippen LogP contribution is -2.56.